The van der Waals surface area contributed by atoms with E-state index in [1.807, 2.05) is 36.4 Å². The lowest BCUT2D eigenvalue weighted by atomic mass is 10.1. The number of nitrogen functional groups attached to an aromatic ring is 1. The highest BCUT2D eigenvalue weighted by atomic mass is 79.9. The molecule has 0 spiro atoms. The number of fused-ring (bicyclic) bond motifs is 1. The summed E-state index contributed by atoms with van der Waals surface area (Å²) < 4.78 is 2.44. The highest BCUT2D eigenvalue weighted by Gasteiger charge is 2.11. The fourth-order valence-corrected chi connectivity index (χ4v) is 4.34. The van der Waals surface area contributed by atoms with Gasteiger partial charge in [-0.1, -0.05) is 52.0 Å². The van der Waals surface area contributed by atoms with Gasteiger partial charge in [-0.05, 0) is 48.0 Å². The minimum atomic E-state index is -0.221. The van der Waals surface area contributed by atoms with Crippen LogP contribution in [0.25, 0.3) is 10.9 Å². The van der Waals surface area contributed by atoms with Crippen molar-refractivity contribution in [2.75, 3.05) is 11.1 Å². The Morgan fingerprint density at radius 2 is 1.87 bits per heavy atom. The summed E-state index contributed by atoms with van der Waals surface area (Å²) in [4.78, 5) is 29.7. The van der Waals surface area contributed by atoms with Gasteiger partial charge in [-0.3, -0.25) is 14.2 Å². The number of benzene rings is 3. The number of hydrogen-bond donors (Lipinski definition) is 2. The lowest BCUT2D eigenvalue weighted by Gasteiger charge is -2.10. The first kappa shape index (κ1) is 21.1. The average Bonchev–Trinajstić information content (AvgIpc) is 2.77. The Labute approximate surface area is 191 Å². The van der Waals surface area contributed by atoms with Gasteiger partial charge in [0, 0.05) is 22.8 Å². The van der Waals surface area contributed by atoms with E-state index in [2.05, 4.69) is 26.2 Å². The summed E-state index contributed by atoms with van der Waals surface area (Å²) in [6, 6.07) is 19.9. The minimum absolute atomic E-state index is 0.0767. The summed E-state index contributed by atoms with van der Waals surface area (Å²) in [5.74, 6) is 0.397. The molecule has 0 saturated carbocycles. The third-order valence-electron chi connectivity index (χ3n) is 4.79. The van der Waals surface area contributed by atoms with E-state index >= 15 is 0 Å². The Kier molecular flexibility index (Phi) is 6.11. The molecule has 0 bridgehead atoms. The van der Waals surface area contributed by atoms with Gasteiger partial charge in [0.2, 0.25) is 0 Å². The molecule has 0 atom stereocenters. The van der Waals surface area contributed by atoms with Crippen molar-refractivity contribution in [2.45, 2.75) is 10.9 Å². The van der Waals surface area contributed by atoms with E-state index in [9.17, 15) is 9.59 Å². The largest absolute Gasteiger partial charge is 0.397 e. The molecular formula is C23H19BrN4O2S. The summed E-state index contributed by atoms with van der Waals surface area (Å²) in [6.07, 6.45) is 0. The topological polar surface area (TPSA) is 90.0 Å². The lowest BCUT2D eigenvalue weighted by molar-refractivity contribution is 0.102. The molecule has 0 aliphatic carbocycles. The van der Waals surface area contributed by atoms with Gasteiger partial charge in [0.1, 0.15) is 0 Å². The summed E-state index contributed by atoms with van der Waals surface area (Å²) in [7, 11) is 1.72. The number of hydrogen-bond acceptors (Lipinski definition) is 5. The maximum absolute atomic E-state index is 12.6. The van der Waals surface area contributed by atoms with Gasteiger partial charge in [-0.2, -0.15) is 0 Å². The van der Waals surface area contributed by atoms with Crippen molar-refractivity contribution in [3.05, 3.63) is 92.7 Å². The minimum Gasteiger partial charge on any atom is -0.397 e. The molecule has 0 aliphatic heterocycles. The number of nitrogens with zero attached hydrogens (tertiary/aromatic N) is 2. The van der Waals surface area contributed by atoms with E-state index in [1.54, 1.807) is 41.9 Å². The third kappa shape index (κ3) is 4.65. The normalized spacial score (nSPS) is 10.9. The van der Waals surface area contributed by atoms with Gasteiger partial charge >= 0.3 is 0 Å². The molecule has 156 valence electrons. The Balaban J connectivity index is 1.47. The standard InChI is InChI=1S/C23H19BrN4O2S/c1-28-22(30)17-11-10-16(24)12-20(17)27-23(28)31-13-14-6-8-15(9-7-14)21(29)26-19-5-3-2-4-18(19)25/h2-12H,13,25H2,1H3,(H,26,29). The van der Waals surface area contributed by atoms with E-state index in [4.69, 9.17) is 5.73 Å². The second-order valence-corrected chi connectivity index (χ2v) is 8.81. The molecule has 4 rings (SSSR count). The number of amides is 1. The molecule has 1 heterocycles. The molecule has 6 nitrogen and oxygen atoms in total. The van der Waals surface area contributed by atoms with Crippen LogP contribution in [0.1, 0.15) is 15.9 Å². The van der Waals surface area contributed by atoms with Gasteiger partial charge in [0.25, 0.3) is 11.5 Å². The van der Waals surface area contributed by atoms with Crippen LogP contribution >= 0.6 is 27.7 Å². The fraction of sp³-hybridized carbons (Fsp3) is 0.0870. The van der Waals surface area contributed by atoms with Crippen molar-refractivity contribution >= 4 is 55.9 Å². The average molecular weight is 495 g/mol. The van der Waals surface area contributed by atoms with Crippen LogP contribution in [0.15, 0.2) is 81.2 Å². The van der Waals surface area contributed by atoms with Crippen molar-refractivity contribution in [1.29, 1.82) is 0 Å². The number of carbonyl (C=O) groups is 1. The van der Waals surface area contributed by atoms with Crippen LogP contribution < -0.4 is 16.6 Å². The van der Waals surface area contributed by atoms with Gasteiger partial charge in [-0.25, -0.2) is 4.98 Å². The zero-order valence-electron chi connectivity index (χ0n) is 16.6. The highest BCUT2D eigenvalue weighted by molar-refractivity contribution is 9.10. The first-order valence-corrected chi connectivity index (χ1v) is 11.2. The summed E-state index contributed by atoms with van der Waals surface area (Å²) in [5, 5.41) is 4.04. The monoisotopic (exact) mass is 494 g/mol. The van der Waals surface area contributed by atoms with Crippen LogP contribution in [0.2, 0.25) is 0 Å². The zero-order chi connectivity index (χ0) is 22.0. The second kappa shape index (κ2) is 8.95. The maximum atomic E-state index is 12.6. The Morgan fingerprint density at radius 1 is 1.13 bits per heavy atom. The van der Waals surface area contributed by atoms with Crippen molar-refractivity contribution in [2.24, 2.45) is 7.05 Å². The number of halogens is 1. The van der Waals surface area contributed by atoms with Crippen molar-refractivity contribution in [3.8, 4) is 0 Å². The predicted octanol–water partition coefficient (Wildman–Crippen LogP) is 4.82. The van der Waals surface area contributed by atoms with E-state index in [0.717, 1.165) is 10.0 Å². The first-order chi connectivity index (χ1) is 14.9. The molecule has 1 amide bonds. The number of aromatic nitrogens is 2. The van der Waals surface area contributed by atoms with Crippen LogP contribution in [0.5, 0.6) is 0 Å². The van der Waals surface area contributed by atoms with E-state index in [1.165, 1.54) is 11.8 Å². The van der Waals surface area contributed by atoms with Crippen molar-refractivity contribution in [3.63, 3.8) is 0 Å². The Hall–Kier alpha value is -3.10. The summed E-state index contributed by atoms with van der Waals surface area (Å²) in [6.45, 7) is 0. The van der Waals surface area contributed by atoms with E-state index in [0.29, 0.717) is 38.8 Å². The number of rotatable bonds is 5. The molecule has 0 fully saturated rings. The van der Waals surface area contributed by atoms with Crippen molar-refractivity contribution < 1.29 is 4.79 Å². The SMILES string of the molecule is Cn1c(SCc2ccc(C(=O)Nc3ccccc3N)cc2)nc2cc(Br)ccc2c1=O. The van der Waals surface area contributed by atoms with Crippen molar-refractivity contribution in [1.82, 2.24) is 9.55 Å². The zero-order valence-corrected chi connectivity index (χ0v) is 19.0. The van der Waals surface area contributed by atoms with Crippen LogP contribution in [-0.4, -0.2) is 15.5 Å². The van der Waals surface area contributed by atoms with E-state index < -0.39 is 0 Å². The van der Waals surface area contributed by atoms with E-state index in [-0.39, 0.29) is 11.5 Å². The van der Waals surface area contributed by atoms with Crippen LogP contribution in [0, 0.1) is 0 Å². The van der Waals surface area contributed by atoms with Gasteiger partial charge < -0.3 is 11.1 Å². The molecule has 3 N–H and O–H groups in total. The Bertz CT molecular complexity index is 1340. The number of nitrogens with one attached hydrogen (secondary N) is 1. The van der Waals surface area contributed by atoms with Crippen LogP contribution in [0.3, 0.4) is 0 Å². The lowest BCUT2D eigenvalue weighted by Crippen LogP contribution is -2.20. The molecule has 8 heteroatoms. The number of carbonyl (C=O) groups excluding carboxylic acids is 1. The predicted molar refractivity (Wildman–Crippen MR) is 129 cm³/mol. The third-order valence-corrected chi connectivity index (χ3v) is 6.39. The van der Waals surface area contributed by atoms with Gasteiger partial charge in [-0.15, -0.1) is 0 Å². The molecule has 0 unspecified atom stereocenters. The molecule has 1 aromatic heterocycles. The smallest absolute Gasteiger partial charge is 0.261 e. The van der Waals surface area contributed by atoms with Gasteiger partial charge in [0.05, 0.1) is 22.3 Å². The van der Waals surface area contributed by atoms with Crippen LogP contribution in [0.4, 0.5) is 11.4 Å². The number of thioether (sulfide) groups is 1. The maximum Gasteiger partial charge on any atom is 0.261 e. The number of nitrogens with two attached hydrogens (primary N) is 1. The molecule has 31 heavy (non-hydrogen) atoms. The molecule has 0 radical (unpaired) electrons. The molecule has 4 aromatic rings. The molecular weight excluding hydrogens is 476 g/mol. The molecule has 3 aromatic carbocycles. The summed E-state index contributed by atoms with van der Waals surface area (Å²) in [5.41, 5.74) is 9.13. The first-order valence-electron chi connectivity index (χ1n) is 9.46. The van der Waals surface area contributed by atoms with Gasteiger partial charge in [0.15, 0.2) is 5.16 Å². The quantitative estimate of drug-likeness (QED) is 0.235. The number of anilines is 2. The highest BCUT2D eigenvalue weighted by Crippen LogP contribution is 2.24. The Morgan fingerprint density at radius 3 is 2.61 bits per heavy atom. The summed E-state index contributed by atoms with van der Waals surface area (Å²) >= 11 is 4.90. The molecule has 0 aliphatic rings. The second-order valence-electron chi connectivity index (χ2n) is 6.95. The fourth-order valence-electron chi connectivity index (χ4n) is 3.06. The number of para-hydroxylation sites is 2. The van der Waals surface area contributed by atoms with Crippen LogP contribution in [-0.2, 0) is 12.8 Å². The molecule has 0 saturated heterocycles.